The van der Waals surface area contributed by atoms with Crippen molar-refractivity contribution in [1.29, 1.82) is 0 Å². The van der Waals surface area contributed by atoms with Crippen LogP contribution in [0.3, 0.4) is 0 Å². The molecule has 0 bridgehead atoms. The van der Waals surface area contributed by atoms with Gasteiger partial charge in [0.15, 0.2) is 0 Å². The Bertz CT molecular complexity index is 544. The van der Waals surface area contributed by atoms with E-state index in [0.717, 1.165) is 30.6 Å². The van der Waals surface area contributed by atoms with Gasteiger partial charge in [0.2, 0.25) is 0 Å². The first-order chi connectivity index (χ1) is 10.1. The summed E-state index contributed by atoms with van der Waals surface area (Å²) in [4.78, 5) is 27.8. The first kappa shape index (κ1) is 14.6. The Morgan fingerprint density at radius 2 is 2.24 bits per heavy atom. The largest absolute Gasteiger partial charge is 0.480 e. The molecule has 1 fully saturated rings. The first-order valence-corrected chi connectivity index (χ1v) is 8.57. The lowest BCUT2D eigenvalue weighted by Crippen LogP contribution is -2.49. The molecule has 5 heteroatoms. The van der Waals surface area contributed by atoms with E-state index in [1.165, 1.54) is 16.9 Å². The fourth-order valence-corrected chi connectivity index (χ4v) is 4.67. The van der Waals surface area contributed by atoms with Gasteiger partial charge in [-0.2, -0.15) is 0 Å². The molecule has 0 aromatic carbocycles. The smallest absolute Gasteiger partial charge is 0.326 e. The molecule has 21 heavy (non-hydrogen) atoms. The second kappa shape index (κ2) is 5.79. The third-order valence-corrected chi connectivity index (χ3v) is 6.02. The number of fused-ring (bicyclic) bond motifs is 1. The van der Waals surface area contributed by atoms with Crippen molar-refractivity contribution in [2.75, 3.05) is 6.54 Å². The number of aliphatic carboxylic acids is 1. The predicted molar refractivity (Wildman–Crippen MR) is 81.8 cm³/mol. The second-order valence-corrected chi connectivity index (χ2v) is 7.20. The minimum Gasteiger partial charge on any atom is -0.480 e. The van der Waals surface area contributed by atoms with E-state index in [9.17, 15) is 14.7 Å². The zero-order chi connectivity index (χ0) is 15.0. The van der Waals surface area contributed by atoms with E-state index in [1.807, 2.05) is 6.07 Å². The molecule has 1 aliphatic carbocycles. The Balaban J connectivity index is 1.80. The van der Waals surface area contributed by atoms with Gasteiger partial charge in [0.25, 0.3) is 5.91 Å². The number of aryl methyl sites for hydroxylation is 2. The van der Waals surface area contributed by atoms with Crippen LogP contribution in [0.5, 0.6) is 0 Å². The van der Waals surface area contributed by atoms with Crippen LogP contribution in [-0.2, 0) is 17.6 Å². The summed E-state index contributed by atoms with van der Waals surface area (Å²) in [6.45, 7) is 2.65. The van der Waals surface area contributed by atoms with Crippen LogP contribution in [0.1, 0.15) is 52.7 Å². The number of carbonyl (C=O) groups is 2. The summed E-state index contributed by atoms with van der Waals surface area (Å²) in [5, 5.41) is 9.44. The fraction of sp³-hybridized carbons (Fsp3) is 0.625. The number of likely N-dealkylation sites (tertiary alicyclic amines) is 1. The molecule has 0 saturated carbocycles. The molecule has 0 spiro atoms. The molecule has 2 unspecified atom stereocenters. The van der Waals surface area contributed by atoms with Crippen LogP contribution in [-0.4, -0.2) is 34.5 Å². The molecule has 114 valence electrons. The Kier molecular flexibility index (Phi) is 4.02. The van der Waals surface area contributed by atoms with Crippen molar-refractivity contribution < 1.29 is 14.7 Å². The van der Waals surface area contributed by atoms with E-state index in [4.69, 9.17) is 0 Å². The van der Waals surface area contributed by atoms with E-state index >= 15 is 0 Å². The van der Waals surface area contributed by atoms with Gasteiger partial charge >= 0.3 is 5.97 Å². The molecule has 1 saturated heterocycles. The summed E-state index contributed by atoms with van der Waals surface area (Å²) in [5.74, 6) is -0.537. The van der Waals surface area contributed by atoms with Crippen molar-refractivity contribution in [3.8, 4) is 0 Å². The maximum absolute atomic E-state index is 12.7. The lowest BCUT2D eigenvalue weighted by Gasteiger charge is -2.36. The number of carboxylic acids is 1. The number of rotatable bonds is 3. The van der Waals surface area contributed by atoms with Gasteiger partial charge in [-0.1, -0.05) is 13.3 Å². The molecular weight excluding hydrogens is 286 g/mol. The highest BCUT2D eigenvalue weighted by Gasteiger charge is 2.36. The molecule has 1 aromatic heterocycles. The summed E-state index contributed by atoms with van der Waals surface area (Å²) in [7, 11) is 0. The lowest BCUT2D eigenvalue weighted by atomic mass is 9.89. The highest BCUT2D eigenvalue weighted by molar-refractivity contribution is 7.14. The van der Waals surface area contributed by atoms with Gasteiger partial charge in [-0.25, -0.2) is 4.79 Å². The monoisotopic (exact) mass is 307 g/mol. The molecule has 3 rings (SSSR count). The summed E-state index contributed by atoms with van der Waals surface area (Å²) < 4.78 is 0. The van der Waals surface area contributed by atoms with Crippen molar-refractivity contribution in [3.63, 3.8) is 0 Å². The minimum atomic E-state index is -0.870. The molecule has 1 aliphatic heterocycles. The minimum absolute atomic E-state index is 0.0867. The highest BCUT2D eigenvalue weighted by atomic mass is 32.1. The number of hydrogen-bond donors (Lipinski definition) is 1. The van der Waals surface area contributed by atoms with Crippen LogP contribution in [0.25, 0.3) is 0 Å². The van der Waals surface area contributed by atoms with Gasteiger partial charge in [-0.05, 0) is 49.7 Å². The molecule has 0 radical (unpaired) electrons. The van der Waals surface area contributed by atoms with E-state index in [2.05, 4.69) is 6.92 Å². The highest BCUT2D eigenvalue weighted by Crippen LogP contribution is 2.33. The third-order valence-electron chi connectivity index (χ3n) is 4.79. The van der Waals surface area contributed by atoms with Crippen molar-refractivity contribution >= 4 is 23.2 Å². The van der Waals surface area contributed by atoms with Gasteiger partial charge in [0.05, 0.1) is 4.88 Å². The first-order valence-electron chi connectivity index (χ1n) is 7.75. The molecule has 1 aromatic rings. The summed E-state index contributed by atoms with van der Waals surface area (Å²) in [6, 6.07) is 1.33. The fourth-order valence-electron chi connectivity index (χ4n) is 3.46. The zero-order valence-corrected chi connectivity index (χ0v) is 13.1. The van der Waals surface area contributed by atoms with E-state index in [-0.39, 0.29) is 5.91 Å². The number of amides is 1. The van der Waals surface area contributed by atoms with Gasteiger partial charge < -0.3 is 10.0 Å². The number of hydrogen-bond acceptors (Lipinski definition) is 3. The Morgan fingerprint density at radius 3 is 2.90 bits per heavy atom. The number of thiophene rings is 1. The molecule has 2 heterocycles. The average molecular weight is 307 g/mol. The second-order valence-electron chi connectivity index (χ2n) is 6.06. The molecule has 1 amide bonds. The predicted octanol–water partition coefficient (Wildman–Crippen LogP) is 2.95. The molecule has 2 atom stereocenters. The number of piperidine rings is 1. The van der Waals surface area contributed by atoms with Crippen LogP contribution in [0.4, 0.5) is 0 Å². The standard InChI is InChI=1S/C16H21NO3S/c1-2-10-6-7-17(12(8-10)16(19)20)15(18)14-9-11-4-3-5-13(11)21-14/h9-10,12H,2-8H2,1H3,(H,19,20). The maximum Gasteiger partial charge on any atom is 0.326 e. The SMILES string of the molecule is CCC1CCN(C(=O)c2cc3c(s2)CCC3)C(C(=O)O)C1. The van der Waals surface area contributed by atoms with Crippen molar-refractivity contribution in [2.45, 2.75) is 51.5 Å². The Labute approximate surface area is 128 Å². The Morgan fingerprint density at radius 1 is 1.43 bits per heavy atom. The lowest BCUT2D eigenvalue weighted by molar-refractivity contribution is -0.144. The van der Waals surface area contributed by atoms with Crippen molar-refractivity contribution in [2.24, 2.45) is 5.92 Å². The van der Waals surface area contributed by atoms with Crippen LogP contribution < -0.4 is 0 Å². The van der Waals surface area contributed by atoms with Gasteiger partial charge in [-0.3, -0.25) is 4.79 Å². The Hall–Kier alpha value is -1.36. The average Bonchev–Trinajstić information content (AvgIpc) is 3.07. The summed E-state index contributed by atoms with van der Waals surface area (Å²) in [6.07, 6.45) is 5.78. The molecule has 1 N–H and O–H groups in total. The van der Waals surface area contributed by atoms with Crippen LogP contribution >= 0.6 is 11.3 Å². The topological polar surface area (TPSA) is 57.6 Å². The number of carboxylic acid groups (broad SMARTS) is 1. The maximum atomic E-state index is 12.7. The van der Waals surface area contributed by atoms with Crippen LogP contribution in [0.15, 0.2) is 6.07 Å². The quantitative estimate of drug-likeness (QED) is 0.934. The number of carbonyl (C=O) groups excluding carboxylic acids is 1. The number of nitrogens with zero attached hydrogens (tertiary/aromatic N) is 1. The van der Waals surface area contributed by atoms with E-state index in [1.54, 1.807) is 16.2 Å². The summed E-state index contributed by atoms with van der Waals surface area (Å²) in [5.41, 5.74) is 1.29. The normalized spacial score (nSPS) is 24.9. The van der Waals surface area contributed by atoms with E-state index in [0.29, 0.717) is 18.9 Å². The molecule has 2 aliphatic rings. The molecule has 4 nitrogen and oxygen atoms in total. The summed E-state index contributed by atoms with van der Waals surface area (Å²) >= 11 is 1.56. The van der Waals surface area contributed by atoms with Gasteiger partial charge in [-0.15, -0.1) is 11.3 Å². The van der Waals surface area contributed by atoms with Gasteiger partial charge in [0, 0.05) is 11.4 Å². The zero-order valence-electron chi connectivity index (χ0n) is 12.3. The van der Waals surface area contributed by atoms with Crippen LogP contribution in [0, 0.1) is 5.92 Å². The van der Waals surface area contributed by atoms with Gasteiger partial charge in [0.1, 0.15) is 6.04 Å². The van der Waals surface area contributed by atoms with Crippen molar-refractivity contribution in [1.82, 2.24) is 4.90 Å². The molecular formula is C16H21NO3S. The van der Waals surface area contributed by atoms with Crippen LogP contribution in [0.2, 0.25) is 0 Å². The van der Waals surface area contributed by atoms with E-state index < -0.39 is 12.0 Å². The third kappa shape index (κ3) is 2.71. The van der Waals surface area contributed by atoms with Crippen molar-refractivity contribution in [3.05, 3.63) is 21.4 Å².